The molecule has 3 aromatic rings. The zero-order valence-electron chi connectivity index (χ0n) is 18.1. The predicted octanol–water partition coefficient (Wildman–Crippen LogP) is 4.39. The lowest BCUT2D eigenvalue weighted by Crippen LogP contribution is -2.29. The Hall–Kier alpha value is -4.06. The fraction of sp³-hybridized carbons (Fsp3) is 0.154. The number of benzene rings is 3. The highest BCUT2D eigenvalue weighted by Gasteiger charge is 2.46. The molecule has 1 aliphatic rings. The van der Waals surface area contributed by atoms with Gasteiger partial charge < -0.3 is 14.7 Å². The number of nitrogens with zero attached hydrogens (tertiary/aromatic N) is 2. The number of anilines is 2. The zero-order valence-corrected chi connectivity index (χ0v) is 18.1. The summed E-state index contributed by atoms with van der Waals surface area (Å²) in [7, 11) is 5.43. The lowest BCUT2D eigenvalue weighted by molar-refractivity contribution is -0.132. The summed E-state index contributed by atoms with van der Waals surface area (Å²) in [6.07, 6.45) is 0. The first-order valence-corrected chi connectivity index (χ1v) is 10.2. The van der Waals surface area contributed by atoms with Crippen LogP contribution in [0.15, 0.2) is 84.4 Å². The quantitative estimate of drug-likeness (QED) is 0.371. The summed E-state index contributed by atoms with van der Waals surface area (Å²) in [4.78, 5) is 29.7. The maximum absolute atomic E-state index is 13.2. The number of Topliss-reactive ketones (excluding diaryl/α,β-unsaturated/α-hetero) is 1. The number of carbonyl (C=O) groups excluding carboxylic acids is 2. The first-order chi connectivity index (χ1) is 15.4. The van der Waals surface area contributed by atoms with E-state index in [1.807, 2.05) is 37.2 Å². The Labute approximate surface area is 187 Å². The second-order valence-electron chi connectivity index (χ2n) is 7.72. The van der Waals surface area contributed by atoms with Gasteiger partial charge in [-0.25, -0.2) is 0 Å². The first kappa shape index (κ1) is 21.2. The minimum Gasteiger partial charge on any atom is -0.507 e. The van der Waals surface area contributed by atoms with Gasteiger partial charge in [0.25, 0.3) is 11.7 Å². The number of amides is 1. The summed E-state index contributed by atoms with van der Waals surface area (Å²) in [5.41, 5.74) is 2.77. The molecule has 0 radical (unpaired) electrons. The molecule has 6 heteroatoms. The van der Waals surface area contributed by atoms with Crippen LogP contribution >= 0.6 is 0 Å². The Morgan fingerprint density at radius 1 is 0.906 bits per heavy atom. The van der Waals surface area contributed by atoms with Gasteiger partial charge in [0.2, 0.25) is 0 Å². The van der Waals surface area contributed by atoms with Crippen LogP contribution in [0.25, 0.3) is 5.76 Å². The molecule has 1 heterocycles. The molecular weight excluding hydrogens is 404 g/mol. The Morgan fingerprint density at radius 2 is 1.53 bits per heavy atom. The van der Waals surface area contributed by atoms with E-state index in [4.69, 9.17) is 4.74 Å². The number of rotatable bonds is 5. The molecule has 4 rings (SSSR count). The third-order valence-corrected chi connectivity index (χ3v) is 5.57. The Morgan fingerprint density at radius 3 is 2.09 bits per heavy atom. The van der Waals surface area contributed by atoms with Crippen molar-refractivity contribution in [2.75, 3.05) is 31.0 Å². The van der Waals surface area contributed by atoms with Gasteiger partial charge in [-0.1, -0.05) is 42.5 Å². The SMILES string of the molecule is COc1ccc([C@H]2C(=C(O)c3ccccc3)C(=O)C(=O)N2c2ccc(N(C)C)cc2)cc1. The van der Waals surface area contributed by atoms with E-state index in [-0.39, 0.29) is 11.3 Å². The van der Waals surface area contributed by atoms with E-state index in [0.29, 0.717) is 22.6 Å². The van der Waals surface area contributed by atoms with Crippen LogP contribution in [0.5, 0.6) is 5.75 Å². The third kappa shape index (κ3) is 3.71. The van der Waals surface area contributed by atoms with Gasteiger partial charge >= 0.3 is 0 Å². The molecule has 162 valence electrons. The number of hydrogen-bond donors (Lipinski definition) is 1. The predicted molar refractivity (Wildman–Crippen MR) is 125 cm³/mol. The summed E-state index contributed by atoms with van der Waals surface area (Å²) in [5, 5.41) is 11.1. The molecule has 1 atom stereocenters. The number of hydrogen-bond acceptors (Lipinski definition) is 5. The molecule has 6 nitrogen and oxygen atoms in total. The largest absolute Gasteiger partial charge is 0.507 e. The summed E-state index contributed by atoms with van der Waals surface area (Å²) < 4.78 is 5.25. The van der Waals surface area contributed by atoms with Crippen molar-refractivity contribution in [1.82, 2.24) is 0 Å². The highest BCUT2D eigenvalue weighted by molar-refractivity contribution is 6.51. The second kappa shape index (κ2) is 8.59. The molecule has 1 amide bonds. The molecular formula is C26H24N2O4. The van der Waals surface area contributed by atoms with E-state index in [1.54, 1.807) is 67.8 Å². The number of ketones is 1. The van der Waals surface area contributed by atoms with Gasteiger partial charge in [0.15, 0.2) is 0 Å². The Bertz CT molecular complexity index is 1170. The van der Waals surface area contributed by atoms with Crippen LogP contribution in [0.1, 0.15) is 17.2 Å². The van der Waals surface area contributed by atoms with E-state index < -0.39 is 17.7 Å². The van der Waals surface area contributed by atoms with Gasteiger partial charge in [0.05, 0.1) is 18.7 Å². The minimum absolute atomic E-state index is 0.0584. The lowest BCUT2D eigenvalue weighted by Gasteiger charge is -2.26. The van der Waals surface area contributed by atoms with Crippen molar-refractivity contribution in [2.45, 2.75) is 6.04 Å². The average molecular weight is 428 g/mol. The number of carbonyl (C=O) groups is 2. The van der Waals surface area contributed by atoms with Crippen molar-refractivity contribution < 1.29 is 19.4 Å². The first-order valence-electron chi connectivity index (χ1n) is 10.2. The van der Waals surface area contributed by atoms with Gasteiger partial charge in [-0.2, -0.15) is 0 Å². The molecule has 3 aromatic carbocycles. The summed E-state index contributed by atoms with van der Waals surface area (Å²) in [6.45, 7) is 0. The fourth-order valence-electron chi connectivity index (χ4n) is 3.86. The number of aliphatic hydroxyl groups excluding tert-OH is 1. The van der Waals surface area contributed by atoms with E-state index in [2.05, 4.69) is 0 Å². The van der Waals surface area contributed by atoms with Crippen molar-refractivity contribution in [2.24, 2.45) is 0 Å². The molecule has 1 fully saturated rings. The van der Waals surface area contributed by atoms with Crippen LogP contribution in [0.4, 0.5) is 11.4 Å². The van der Waals surface area contributed by atoms with E-state index in [1.165, 1.54) is 4.90 Å². The molecule has 0 aromatic heterocycles. The highest BCUT2D eigenvalue weighted by Crippen LogP contribution is 2.42. The number of ether oxygens (including phenoxy) is 1. The van der Waals surface area contributed by atoms with Crippen LogP contribution in [0, 0.1) is 0 Å². The summed E-state index contributed by atoms with van der Waals surface area (Å²) in [6, 6.07) is 22.5. The average Bonchev–Trinajstić information content (AvgIpc) is 3.09. The molecule has 0 spiro atoms. The van der Waals surface area contributed by atoms with Gasteiger partial charge in [0, 0.05) is 31.0 Å². The van der Waals surface area contributed by atoms with E-state index in [0.717, 1.165) is 5.69 Å². The van der Waals surface area contributed by atoms with Crippen LogP contribution in [0.2, 0.25) is 0 Å². The van der Waals surface area contributed by atoms with Crippen LogP contribution in [-0.4, -0.2) is 38.0 Å². The van der Waals surface area contributed by atoms with Crippen molar-refractivity contribution in [3.05, 3.63) is 95.6 Å². The highest BCUT2D eigenvalue weighted by atomic mass is 16.5. The zero-order chi connectivity index (χ0) is 22.8. The van der Waals surface area contributed by atoms with Gasteiger partial charge in [-0.3, -0.25) is 14.5 Å². The Kier molecular flexibility index (Phi) is 5.69. The van der Waals surface area contributed by atoms with Crippen LogP contribution in [0.3, 0.4) is 0 Å². The fourth-order valence-corrected chi connectivity index (χ4v) is 3.86. The van der Waals surface area contributed by atoms with Crippen molar-refractivity contribution in [1.29, 1.82) is 0 Å². The van der Waals surface area contributed by atoms with Crippen molar-refractivity contribution in [3.63, 3.8) is 0 Å². The molecule has 32 heavy (non-hydrogen) atoms. The third-order valence-electron chi connectivity index (χ3n) is 5.57. The van der Waals surface area contributed by atoms with Gasteiger partial charge in [0.1, 0.15) is 11.5 Å². The van der Waals surface area contributed by atoms with Crippen LogP contribution < -0.4 is 14.5 Å². The molecule has 0 saturated carbocycles. The molecule has 0 unspecified atom stereocenters. The minimum atomic E-state index is -0.772. The summed E-state index contributed by atoms with van der Waals surface area (Å²) in [5.74, 6) is -0.939. The second-order valence-corrected chi connectivity index (χ2v) is 7.72. The van der Waals surface area contributed by atoms with Crippen molar-refractivity contribution >= 4 is 28.8 Å². The number of aliphatic hydroxyl groups is 1. The monoisotopic (exact) mass is 428 g/mol. The van der Waals surface area contributed by atoms with E-state index >= 15 is 0 Å². The standard InChI is InChI=1S/C26H24N2O4/c1-27(2)19-11-13-20(14-12-19)28-23(17-9-15-21(32-3)16-10-17)22(25(30)26(28)31)24(29)18-7-5-4-6-8-18/h4-16,23,29H,1-3H3/t23-/m0/s1. The normalized spacial score (nSPS) is 17.5. The summed E-state index contributed by atoms with van der Waals surface area (Å²) >= 11 is 0. The molecule has 1 saturated heterocycles. The van der Waals surface area contributed by atoms with Crippen molar-refractivity contribution in [3.8, 4) is 5.75 Å². The molecule has 0 aliphatic carbocycles. The molecule has 0 bridgehead atoms. The maximum Gasteiger partial charge on any atom is 0.300 e. The van der Waals surface area contributed by atoms with Gasteiger partial charge in [-0.05, 0) is 42.0 Å². The topological polar surface area (TPSA) is 70.1 Å². The maximum atomic E-state index is 13.2. The molecule has 1 aliphatic heterocycles. The van der Waals surface area contributed by atoms with Crippen LogP contribution in [-0.2, 0) is 9.59 Å². The smallest absolute Gasteiger partial charge is 0.300 e. The van der Waals surface area contributed by atoms with Gasteiger partial charge in [-0.15, -0.1) is 0 Å². The molecule has 1 N–H and O–H groups in total. The Balaban J connectivity index is 1.89. The lowest BCUT2D eigenvalue weighted by atomic mass is 9.95. The number of methoxy groups -OCH3 is 1. The van der Waals surface area contributed by atoms with E-state index in [9.17, 15) is 14.7 Å².